The van der Waals surface area contributed by atoms with Gasteiger partial charge in [0, 0.05) is 18.7 Å². The molecule has 0 aliphatic carbocycles. The van der Waals surface area contributed by atoms with Crippen LogP contribution in [0.1, 0.15) is 39.7 Å². The Morgan fingerprint density at radius 3 is 2.50 bits per heavy atom. The van der Waals surface area contributed by atoms with Crippen LogP contribution in [-0.4, -0.2) is 61.9 Å². The molecule has 1 fully saturated rings. The van der Waals surface area contributed by atoms with Crippen molar-refractivity contribution >= 4 is 28.9 Å². The summed E-state index contributed by atoms with van der Waals surface area (Å²) < 4.78 is 13.0. The Labute approximate surface area is 232 Å². The lowest BCUT2D eigenvalue weighted by atomic mass is 10.1. The van der Waals surface area contributed by atoms with E-state index >= 15 is 0 Å². The van der Waals surface area contributed by atoms with E-state index in [0.29, 0.717) is 41.4 Å². The Kier molecular flexibility index (Phi) is 7.54. The van der Waals surface area contributed by atoms with Crippen LogP contribution in [0.3, 0.4) is 0 Å². The number of anilines is 1. The summed E-state index contributed by atoms with van der Waals surface area (Å²) in [6, 6.07) is 17.1. The van der Waals surface area contributed by atoms with Gasteiger partial charge in [-0.1, -0.05) is 18.2 Å². The number of nitrogen functional groups attached to an aromatic ring is 1. The van der Waals surface area contributed by atoms with Crippen molar-refractivity contribution in [3.63, 3.8) is 0 Å². The fraction of sp³-hybridized carbons (Fsp3) is 0.345. The first-order chi connectivity index (χ1) is 19.2. The van der Waals surface area contributed by atoms with Gasteiger partial charge >= 0.3 is 6.09 Å². The van der Waals surface area contributed by atoms with Crippen molar-refractivity contribution in [1.82, 2.24) is 30.0 Å². The molecule has 4 aromatic rings. The average Bonchev–Trinajstić information content (AvgIpc) is 3.33. The third kappa shape index (κ3) is 6.14. The normalized spacial score (nSPS) is 15.6. The van der Waals surface area contributed by atoms with Crippen molar-refractivity contribution in [2.75, 3.05) is 25.4 Å². The molecule has 208 valence electrons. The Bertz CT molecular complexity index is 1500. The molecular weight excluding hydrogens is 510 g/mol. The molecule has 2 amide bonds. The lowest BCUT2D eigenvalue weighted by Gasteiger charge is -2.33. The quantitative estimate of drug-likeness (QED) is 0.361. The maximum absolute atomic E-state index is 12.9. The molecule has 2 aromatic carbocycles. The molecule has 11 nitrogen and oxygen atoms in total. The first kappa shape index (κ1) is 26.9. The minimum absolute atomic E-state index is 0.120. The zero-order chi connectivity index (χ0) is 28.3. The molecule has 1 aliphatic rings. The molecule has 1 aliphatic heterocycles. The van der Waals surface area contributed by atoms with E-state index in [1.165, 1.54) is 6.33 Å². The van der Waals surface area contributed by atoms with Gasteiger partial charge in [-0.25, -0.2) is 19.4 Å². The van der Waals surface area contributed by atoms with Crippen molar-refractivity contribution in [3.8, 4) is 22.8 Å². The number of piperidine rings is 1. The fourth-order valence-electron chi connectivity index (χ4n) is 4.71. The summed E-state index contributed by atoms with van der Waals surface area (Å²) in [7, 11) is 0. The lowest BCUT2D eigenvalue weighted by Crippen LogP contribution is -2.46. The average molecular weight is 544 g/mol. The second kappa shape index (κ2) is 11.2. The van der Waals surface area contributed by atoms with Crippen molar-refractivity contribution in [3.05, 3.63) is 60.9 Å². The highest BCUT2D eigenvalue weighted by Gasteiger charge is 2.29. The van der Waals surface area contributed by atoms with Crippen molar-refractivity contribution in [2.45, 2.75) is 45.3 Å². The summed E-state index contributed by atoms with van der Waals surface area (Å²) in [5.74, 6) is 1.60. The van der Waals surface area contributed by atoms with Crippen LogP contribution in [0, 0.1) is 0 Å². The molecule has 0 saturated carbocycles. The standard InChI is InChI=1S/C29H33N7O4/c1-29(2,3)40-28(38)31-16-23(37)35-15-7-8-20(17-35)36-27-24(26(30)32-18-33-27)25(34-36)19-11-13-22(14-12-19)39-21-9-5-4-6-10-21/h4-6,9-14,18,20H,7-8,15-17H2,1-3H3,(H,31,38)(H2,30,32,33). The van der Waals surface area contributed by atoms with Gasteiger partial charge in [0.2, 0.25) is 5.91 Å². The van der Waals surface area contributed by atoms with E-state index in [4.69, 9.17) is 20.3 Å². The van der Waals surface area contributed by atoms with E-state index in [2.05, 4.69) is 15.3 Å². The third-order valence-electron chi connectivity index (χ3n) is 6.50. The molecule has 2 aromatic heterocycles. The van der Waals surface area contributed by atoms with Gasteiger partial charge in [0.05, 0.1) is 11.4 Å². The van der Waals surface area contributed by atoms with Crippen molar-refractivity contribution < 1.29 is 19.1 Å². The summed E-state index contributed by atoms with van der Waals surface area (Å²) in [6.45, 7) is 6.20. The van der Waals surface area contributed by atoms with Gasteiger partial charge in [-0.3, -0.25) is 4.79 Å². The Morgan fingerprint density at radius 2 is 1.77 bits per heavy atom. The molecule has 1 saturated heterocycles. The number of benzene rings is 2. The van der Waals surface area contributed by atoms with Crippen LogP contribution in [-0.2, 0) is 9.53 Å². The van der Waals surface area contributed by atoms with Gasteiger partial charge in [0.1, 0.15) is 41.5 Å². The van der Waals surface area contributed by atoms with Gasteiger partial charge in [0.15, 0.2) is 5.65 Å². The van der Waals surface area contributed by atoms with Crippen LogP contribution in [0.25, 0.3) is 22.3 Å². The van der Waals surface area contributed by atoms with Crippen LogP contribution in [0.4, 0.5) is 10.6 Å². The molecule has 40 heavy (non-hydrogen) atoms. The maximum Gasteiger partial charge on any atom is 0.408 e. The predicted octanol–water partition coefficient (Wildman–Crippen LogP) is 4.56. The third-order valence-corrected chi connectivity index (χ3v) is 6.50. The van der Waals surface area contributed by atoms with Crippen LogP contribution >= 0.6 is 0 Å². The smallest absolute Gasteiger partial charge is 0.408 e. The highest BCUT2D eigenvalue weighted by molar-refractivity contribution is 5.98. The number of alkyl carbamates (subject to hydrolysis) is 1. The second-order valence-corrected chi connectivity index (χ2v) is 10.7. The zero-order valence-electron chi connectivity index (χ0n) is 22.8. The number of nitrogens with two attached hydrogens (primary N) is 1. The number of amides is 2. The molecule has 3 heterocycles. The number of hydrogen-bond acceptors (Lipinski definition) is 8. The summed E-state index contributed by atoms with van der Waals surface area (Å²) in [5.41, 5.74) is 7.79. The van der Waals surface area contributed by atoms with Gasteiger partial charge in [-0.2, -0.15) is 5.10 Å². The van der Waals surface area contributed by atoms with Crippen LogP contribution in [0.15, 0.2) is 60.9 Å². The van der Waals surface area contributed by atoms with E-state index in [0.717, 1.165) is 24.2 Å². The van der Waals surface area contributed by atoms with Gasteiger partial charge in [0.25, 0.3) is 0 Å². The molecule has 11 heteroatoms. The number of carbonyl (C=O) groups excluding carboxylic acids is 2. The number of nitrogens with zero attached hydrogens (tertiary/aromatic N) is 5. The Hall–Kier alpha value is -4.67. The molecular formula is C29H33N7O4. The van der Waals surface area contributed by atoms with E-state index in [-0.39, 0.29) is 18.5 Å². The predicted molar refractivity (Wildman–Crippen MR) is 151 cm³/mol. The number of rotatable bonds is 6. The number of para-hydroxylation sites is 1. The molecule has 1 unspecified atom stereocenters. The first-order valence-electron chi connectivity index (χ1n) is 13.2. The molecule has 0 spiro atoms. The highest BCUT2D eigenvalue weighted by Crippen LogP contribution is 2.34. The molecule has 3 N–H and O–H groups in total. The second-order valence-electron chi connectivity index (χ2n) is 10.7. The summed E-state index contributed by atoms with van der Waals surface area (Å²) in [4.78, 5) is 35.4. The van der Waals surface area contributed by atoms with Crippen molar-refractivity contribution in [2.24, 2.45) is 0 Å². The van der Waals surface area contributed by atoms with Gasteiger partial charge < -0.3 is 25.4 Å². The molecule has 1 atom stereocenters. The zero-order valence-corrected chi connectivity index (χ0v) is 22.8. The summed E-state index contributed by atoms with van der Waals surface area (Å²) in [5, 5.41) is 8.14. The number of likely N-dealkylation sites (tertiary alicyclic amines) is 1. The van der Waals surface area contributed by atoms with E-state index in [1.807, 2.05) is 59.3 Å². The summed E-state index contributed by atoms with van der Waals surface area (Å²) in [6.07, 6.45) is 2.40. The minimum Gasteiger partial charge on any atom is -0.457 e. The van der Waals surface area contributed by atoms with Gasteiger partial charge in [-0.05, 0) is 70.0 Å². The number of ether oxygens (including phenoxy) is 2. The Morgan fingerprint density at radius 1 is 1.05 bits per heavy atom. The van der Waals surface area contributed by atoms with E-state index in [9.17, 15) is 9.59 Å². The highest BCUT2D eigenvalue weighted by atomic mass is 16.6. The number of fused-ring (bicyclic) bond motifs is 1. The largest absolute Gasteiger partial charge is 0.457 e. The Balaban J connectivity index is 1.35. The summed E-state index contributed by atoms with van der Waals surface area (Å²) >= 11 is 0. The first-order valence-corrected chi connectivity index (χ1v) is 13.2. The van der Waals surface area contributed by atoms with E-state index in [1.54, 1.807) is 25.7 Å². The number of aromatic nitrogens is 4. The van der Waals surface area contributed by atoms with Crippen LogP contribution in [0.5, 0.6) is 11.5 Å². The number of hydrogen-bond donors (Lipinski definition) is 2. The minimum atomic E-state index is -0.638. The SMILES string of the molecule is CC(C)(C)OC(=O)NCC(=O)N1CCCC(n2nc(-c3ccc(Oc4ccccc4)cc3)c3c(N)ncnc32)C1. The molecule has 5 rings (SSSR count). The topological polar surface area (TPSA) is 137 Å². The van der Waals surface area contributed by atoms with Crippen LogP contribution < -0.4 is 15.8 Å². The molecule has 0 radical (unpaired) electrons. The van der Waals surface area contributed by atoms with Crippen molar-refractivity contribution in [1.29, 1.82) is 0 Å². The fourth-order valence-corrected chi connectivity index (χ4v) is 4.71. The lowest BCUT2D eigenvalue weighted by molar-refractivity contribution is -0.131. The number of carbonyl (C=O) groups is 2. The van der Waals surface area contributed by atoms with Crippen LogP contribution in [0.2, 0.25) is 0 Å². The monoisotopic (exact) mass is 543 g/mol. The maximum atomic E-state index is 12.9. The van der Waals surface area contributed by atoms with Gasteiger partial charge in [-0.15, -0.1) is 0 Å². The van der Waals surface area contributed by atoms with E-state index < -0.39 is 11.7 Å². The molecule has 0 bridgehead atoms. The number of nitrogens with one attached hydrogen (secondary N) is 1.